The average Bonchev–Trinajstić information content (AvgIpc) is 3.18. The van der Waals surface area contributed by atoms with E-state index < -0.39 is 0 Å². The van der Waals surface area contributed by atoms with Gasteiger partial charge in [-0.15, -0.1) is 0 Å². The van der Waals surface area contributed by atoms with Gasteiger partial charge in [0.05, 0.1) is 0 Å². The fourth-order valence-electron chi connectivity index (χ4n) is 3.42. The normalized spacial score (nSPS) is 14.6. The van der Waals surface area contributed by atoms with E-state index in [-0.39, 0.29) is 5.91 Å². The standard InChI is InChI=1S/C22H27NOS/c24-22(23-16-17-25-20-11-5-6-12-20)21-13-7-4-10-19(21)15-14-18-8-2-1-3-9-18/h1-4,7-10,13,20H,5-6,11-12,14-17H2,(H,23,24). The fraction of sp³-hybridized carbons (Fsp3) is 0.409. The van der Waals surface area contributed by atoms with Crippen LogP contribution in [0.3, 0.4) is 0 Å². The second-order valence-electron chi connectivity index (χ2n) is 6.68. The van der Waals surface area contributed by atoms with E-state index in [1.807, 2.05) is 36.0 Å². The number of nitrogens with one attached hydrogen (secondary N) is 1. The molecule has 2 aromatic rings. The summed E-state index contributed by atoms with van der Waals surface area (Å²) in [6, 6.07) is 18.4. The zero-order valence-corrected chi connectivity index (χ0v) is 15.6. The summed E-state index contributed by atoms with van der Waals surface area (Å²) in [4.78, 5) is 12.6. The molecule has 1 aliphatic carbocycles. The van der Waals surface area contributed by atoms with Gasteiger partial charge in [0.2, 0.25) is 0 Å². The van der Waals surface area contributed by atoms with Crippen LogP contribution in [-0.4, -0.2) is 23.5 Å². The molecule has 0 saturated heterocycles. The summed E-state index contributed by atoms with van der Waals surface area (Å²) in [7, 11) is 0. The maximum atomic E-state index is 12.6. The maximum absolute atomic E-state index is 12.6. The van der Waals surface area contributed by atoms with Gasteiger partial charge in [-0.3, -0.25) is 4.79 Å². The maximum Gasteiger partial charge on any atom is 0.251 e. The van der Waals surface area contributed by atoms with Crippen molar-refractivity contribution in [2.75, 3.05) is 12.3 Å². The van der Waals surface area contributed by atoms with Crippen LogP contribution >= 0.6 is 11.8 Å². The van der Waals surface area contributed by atoms with Crippen molar-refractivity contribution in [3.8, 4) is 0 Å². The molecule has 0 heterocycles. The lowest BCUT2D eigenvalue weighted by Crippen LogP contribution is -2.27. The van der Waals surface area contributed by atoms with E-state index >= 15 is 0 Å². The molecule has 1 saturated carbocycles. The minimum atomic E-state index is 0.0654. The van der Waals surface area contributed by atoms with Crippen molar-refractivity contribution in [1.29, 1.82) is 0 Å². The van der Waals surface area contributed by atoms with Gasteiger partial charge < -0.3 is 5.32 Å². The molecule has 1 aliphatic rings. The number of thioether (sulfide) groups is 1. The SMILES string of the molecule is O=C(NCCSC1CCCC1)c1ccccc1CCc1ccccc1. The monoisotopic (exact) mass is 353 g/mol. The number of benzene rings is 2. The Bertz CT molecular complexity index is 665. The van der Waals surface area contributed by atoms with Gasteiger partial charge >= 0.3 is 0 Å². The predicted octanol–water partition coefficient (Wildman–Crippen LogP) is 4.88. The van der Waals surface area contributed by atoms with E-state index in [1.165, 1.54) is 31.2 Å². The van der Waals surface area contributed by atoms with Crippen LogP contribution in [-0.2, 0) is 12.8 Å². The highest BCUT2D eigenvalue weighted by molar-refractivity contribution is 7.99. The van der Waals surface area contributed by atoms with Gasteiger partial charge in [-0.1, -0.05) is 61.4 Å². The summed E-state index contributed by atoms with van der Waals surface area (Å²) in [6.45, 7) is 0.757. The molecule has 0 spiro atoms. The summed E-state index contributed by atoms with van der Waals surface area (Å²) in [5.41, 5.74) is 3.27. The second-order valence-corrected chi connectivity index (χ2v) is 8.08. The number of carbonyl (C=O) groups is 1. The minimum Gasteiger partial charge on any atom is -0.351 e. The summed E-state index contributed by atoms with van der Waals surface area (Å²) in [6.07, 6.45) is 7.30. The van der Waals surface area contributed by atoms with Gasteiger partial charge in [0.25, 0.3) is 5.91 Å². The Kier molecular flexibility index (Phi) is 6.99. The first-order valence-corrected chi connectivity index (χ1v) is 10.4. The van der Waals surface area contributed by atoms with E-state index in [0.29, 0.717) is 0 Å². The Hall–Kier alpha value is -1.74. The lowest BCUT2D eigenvalue weighted by atomic mass is 9.99. The third-order valence-corrected chi connectivity index (χ3v) is 6.21. The van der Waals surface area contributed by atoms with Crippen LogP contribution in [0.4, 0.5) is 0 Å². The molecule has 0 bridgehead atoms. The molecule has 0 radical (unpaired) electrons. The second kappa shape index (κ2) is 9.67. The first-order valence-electron chi connectivity index (χ1n) is 9.34. The molecule has 0 aromatic heterocycles. The van der Waals surface area contributed by atoms with E-state index in [2.05, 4.69) is 35.6 Å². The lowest BCUT2D eigenvalue weighted by molar-refractivity contribution is 0.0955. The number of amides is 1. The van der Waals surface area contributed by atoms with E-state index in [1.54, 1.807) is 0 Å². The lowest BCUT2D eigenvalue weighted by Gasteiger charge is -2.12. The van der Waals surface area contributed by atoms with Crippen molar-refractivity contribution in [3.63, 3.8) is 0 Å². The van der Waals surface area contributed by atoms with E-state index in [4.69, 9.17) is 0 Å². The molecule has 1 fully saturated rings. The van der Waals surface area contributed by atoms with Crippen LogP contribution < -0.4 is 5.32 Å². The molecule has 0 atom stereocenters. The number of hydrogen-bond acceptors (Lipinski definition) is 2. The number of hydrogen-bond donors (Lipinski definition) is 1. The topological polar surface area (TPSA) is 29.1 Å². The van der Waals surface area contributed by atoms with Crippen molar-refractivity contribution < 1.29 is 4.79 Å². The zero-order chi connectivity index (χ0) is 17.3. The van der Waals surface area contributed by atoms with Gasteiger partial charge in [0.15, 0.2) is 0 Å². The van der Waals surface area contributed by atoms with Gasteiger partial charge in [-0.25, -0.2) is 0 Å². The highest BCUT2D eigenvalue weighted by Crippen LogP contribution is 2.28. The van der Waals surface area contributed by atoms with Crippen LogP contribution in [0.1, 0.15) is 47.2 Å². The van der Waals surface area contributed by atoms with Gasteiger partial charge in [-0.05, 0) is 42.9 Å². The first-order chi connectivity index (χ1) is 12.3. The molecule has 0 aliphatic heterocycles. The van der Waals surface area contributed by atoms with Gasteiger partial charge in [0, 0.05) is 23.1 Å². The predicted molar refractivity (Wildman–Crippen MR) is 107 cm³/mol. The van der Waals surface area contributed by atoms with Crippen molar-refractivity contribution in [3.05, 3.63) is 71.3 Å². The first kappa shape index (κ1) is 18.1. The third kappa shape index (κ3) is 5.64. The van der Waals surface area contributed by atoms with Crippen LogP contribution in [0, 0.1) is 0 Å². The van der Waals surface area contributed by atoms with Crippen LogP contribution in [0.15, 0.2) is 54.6 Å². The Balaban J connectivity index is 1.49. The minimum absolute atomic E-state index is 0.0654. The molecule has 3 rings (SSSR count). The van der Waals surface area contributed by atoms with Crippen molar-refractivity contribution >= 4 is 17.7 Å². The molecule has 3 heteroatoms. The Morgan fingerprint density at radius 2 is 1.68 bits per heavy atom. The molecule has 2 aromatic carbocycles. The van der Waals surface area contributed by atoms with Crippen molar-refractivity contribution in [2.45, 2.75) is 43.8 Å². The summed E-state index contributed by atoms with van der Waals surface area (Å²) >= 11 is 2.02. The molecule has 0 unspecified atom stereocenters. The molecular formula is C22H27NOS. The Labute approximate surface area is 155 Å². The number of rotatable bonds is 8. The highest BCUT2D eigenvalue weighted by atomic mass is 32.2. The van der Waals surface area contributed by atoms with Crippen molar-refractivity contribution in [1.82, 2.24) is 5.32 Å². The Morgan fingerprint density at radius 3 is 2.48 bits per heavy atom. The van der Waals surface area contributed by atoms with Crippen LogP contribution in [0.2, 0.25) is 0 Å². The van der Waals surface area contributed by atoms with Crippen LogP contribution in [0.5, 0.6) is 0 Å². The summed E-state index contributed by atoms with van der Waals surface area (Å²) in [5, 5.41) is 3.92. The molecule has 1 N–H and O–H groups in total. The van der Waals surface area contributed by atoms with Crippen LogP contribution in [0.25, 0.3) is 0 Å². The summed E-state index contributed by atoms with van der Waals surface area (Å²) in [5.74, 6) is 1.08. The number of aryl methyl sites for hydroxylation is 2. The number of carbonyl (C=O) groups excluding carboxylic acids is 1. The quantitative estimate of drug-likeness (QED) is 0.686. The van der Waals surface area contributed by atoms with Crippen molar-refractivity contribution in [2.24, 2.45) is 0 Å². The average molecular weight is 354 g/mol. The molecule has 132 valence electrons. The van der Waals surface area contributed by atoms with Gasteiger partial charge in [0.1, 0.15) is 0 Å². The molecular weight excluding hydrogens is 326 g/mol. The molecule has 25 heavy (non-hydrogen) atoms. The third-order valence-electron chi connectivity index (χ3n) is 4.83. The molecule has 2 nitrogen and oxygen atoms in total. The van der Waals surface area contributed by atoms with E-state index in [0.717, 1.165) is 41.5 Å². The van der Waals surface area contributed by atoms with Gasteiger partial charge in [-0.2, -0.15) is 11.8 Å². The zero-order valence-electron chi connectivity index (χ0n) is 14.7. The highest BCUT2D eigenvalue weighted by Gasteiger charge is 2.15. The smallest absolute Gasteiger partial charge is 0.251 e. The fourth-order valence-corrected chi connectivity index (χ4v) is 4.64. The summed E-state index contributed by atoms with van der Waals surface area (Å²) < 4.78 is 0. The molecule has 1 amide bonds. The largest absolute Gasteiger partial charge is 0.351 e. The van der Waals surface area contributed by atoms with E-state index in [9.17, 15) is 4.79 Å². The Morgan fingerprint density at radius 1 is 0.960 bits per heavy atom.